The van der Waals surface area contributed by atoms with Gasteiger partial charge in [-0.1, -0.05) is 79.8 Å². The zero-order valence-corrected chi connectivity index (χ0v) is 19.5. The number of hydrogen-bond donors (Lipinski definition) is 0. The largest absolute Gasteiger partial charge is 0.383 e. The summed E-state index contributed by atoms with van der Waals surface area (Å²) in [6.45, 7) is 7.09. The predicted molar refractivity (Wildman–Crippen MR) is 129 cm³/mol. The molecule has 4 aromatic rings. The van der Waals surface area contributed by atoms with Gasteiger partial charge in [-0.3, -0.25) is 9.69 Å². The molecule has 0 radical (unpaired) electrons. The number of rotatable bonds is 9. The number of fused-ring (bicyclic) bond motifs is 1. The van der Waals surface area contributed by atoms with Crippen molar-refractivity contribution in [2.45, 2.75) is 32.9 Å². The van der Waals surface area contributed by atoms with Crippen molar-refractivity contribution in [3.05, 3.63) is 87.8 Å². The van der Waals surface area contributed by atoms with E-state index in [2.05, 4.69) is 48.1 Å². The predicted octanol–water partition coefficient (Wildman–Crippen LogP) is 4.59. The monoisotopic (exact) mass is 448 g/mol. The van der Waals surface area contributed by atoms with E-state index < -0.39 is 0 Å². The Hall–Kier alpha value is -2.87. The standard InChI is InChI=1S/C25H28N4O2S/c1-18(2)20-11-9-19(10-12-20)16-28(13-14-31-3)17-22-15-23(30)29-25(26-22)32-24(27-29)21-7-5-4-6-8-21/h4-12,15,18H,13-14,16-17H2,1-3H3. The molecule has 166 valence electrons. The van der Waals surface area contributed by atoms with Gasteiger partial charge in [-0.15, -0.1) is 0 Å². The smallest absolute Gasteiger partial charge is 0.275 e. The van der Waals surface area contributed by atoms with Crippen molar-refractivity contribution < 1.29 is 4.74 Å². The Morgan fingerprint density at radius 1 is 1.06 bits per heavy atom. The Morgan fingerprint density at radius 3 is 2.50 bits per heavy atom. The number of aromatic nitrogens is 3. The highest BCUT2D eigenvalue weighted by atomic mass is 32.1. The zero-order valence-electron chi connectivity index (χ0n) is 18.7. The van der Waals surface area contributed by atoms with Crippen LogP contribution in [0.2, 0.25) is 0 Å². The number of hydrogen-bond acceptors (Lipinski definition) is 6. The van der Waals surface area contributed by atoms with Gasteiger partial charge in [-0.2, -0.15) is 9.61 Å². The second-order valence-electron chi connectivity index (χ2n) is 8.15. The Balaban J connectivity index is 1.57. The third-order valence-electron chi connectivity index (χ3n) is 5.37. The van der Waals surface area contributed by atoms with Gasteiger partial charge in [0.2, 0.25) is 4.96 Å². The fourth-order valence-corrected chi connectivity index (χ4v) is 4.49. The van der Waals surface area contributed by atoms with Gasteiger partial charge in [0.15, 0.2) is 0 Å². The fourth-order valence-electron chi connectivity index (χ4n) is 3.56. The summed E-state index contributed by atoms with van der Waals surface area (Å²) in [6, 6.07) is 20.2. The van der Waals surface area contributed by atoms with Gasteiger partial charge in [0.1, 0.15) is 5.01 Å². The van der Waals surface area contributed by atoms with E-state index in [1.54, 1.807) is 13.2 Å². The van der Waals surface area contributed by atoms with Crippen LogP contribution in [0.3, 0.4) is 0 Å². The molecule has 0 unspecified atom stereocenters. The summed E-state index contributed by atoms with van der Waals surface area (Å²) >= 11 is 1.43. The molecule has 0 aliphatic heterocycles. The first-order valence-corrected chi connectivity index (χ1v) is 11.6. The van der Waals surface area contributed by atoms with Crippen LogP contribution in [-0.2, 0) is 17.8 Å². The summed E-state index contributed by atoms with van der Waals surface area (Å²) < 4.78 is 6.70. The summed E-state index contributed by atoms with van der Waals surface area (Å²) in [5, 5.41) is 5.26. The lowest BCUT2D eigenvalue weighted by Crippen LogP contribution is -2.28. The molecular weight excluding hydrogens is 420 g/mol. The molecule has 2 aromatic heterocycles. The van der Waals surface area contributed by atoms with Crippen LogP contribution >= 0.6 is 11.3 Å². The summed E-state index contributed by atoms with van der Waals surface area (Å²) in [5.74, 6) is 0.512. The van der Waals surface area contributed by atoms with Crippen LogP contribution in [0, 0.1) is 0 Å². The minimum atomic E-state index is -0.156. The van der Waals surface area contributed by atoms with Gasteiger partial charge >= 0.3 is 0 Å². The van der Waals surface area contributed by atoms with E-state index in [0.717, 1.165) is 29.4 Å². The number of methoxy groups -OCH3 is 1. The first-order chi connectivity index (χ1) is 15.5. The van der Waals surface area contributed by atoms with Crippen molar-refractivity contribution in [2.75, 3.05) is 20.3 Å². The van der Waals surface area contributed by atoms with Gasteiger partial charge < -0.3 is 4.74 Å². The molecule has 0 atom stereocenters. The van der Waals surface area contributed by atoms with Crippen molar-refractivity contribution in [3.63, 3.8) is 0 Å². The van der Waals surface area contributed by atoms with E-state index in [9.17, 15) is 4.79 Å². The van der Waals surface area contributed by atoms with Crippen molar-refractivity contribution in [1.29, 1.82) is 0 Å². The molecule has 7 heteroatoms. The van der Waals surface area contributed by atoms with E-state index in [4.69, 9.17) is 9.72 Å². The third-order valence-corrected chi connectivity index (χ3v) is 6.33. The summed E-state index contributed by atoms with van der Waals surface area (Å²) in [5.41, 5.74) is 4.13. The molecule has 0 spiro atoms. The molecule has 0 saturated carbocycles. The van der Waals surface area contributed by atoms with Crippen LogP contribution < -0.4 is 5.56 Å². The van der Waals surface area contributed by atoms with Gasteiger partial charge in [-0.25, -0.2) is 4.98 Å². The van der Waals surface area contributed by atoms with Crippen LogP contribution in [-0.4, -0.2) is 39.8 Å². The van der Waals surface area contributed by atoms with E-state index in [-0.39, 0.29) is 5.56 Å². The minimum Gasteiger partial charge on any atom is -0.383 e. The Bertz CT molecular complexity index is 1220. The maximum atomic E-state index is 12.7. The second kappa shape index (κ2) is 10.2. The van der Waals surface area contributed by atoms with Gasteiger partial charge in [0.05, 0.1) is 12.3 Å². The maximum absolute atomic E-state index is 12.7. The number of benzene rings is 2. The maximum Gasteiger partial charge on any atom is 0.275 e. The van der Waals surface area contributed by atoms with Crippen LogP contribution in [0.25, 0.3) is 15.5 Å². The van der Waals surface area contributed by atoms with Crippen LogP contribution in [0.5, 0.6) is 0 Å². The number of nitrogens with zero attached hydrogens (tertiary/aromatic N) is 4. The third kappa shape index (κ3) is 5.30. The Kier molecular flexibility index (Phi) is 7.09. The van der Waals surface area contributed by atoms with E-state index >= 15 is 0 Å². The summed E-state index contributed by atoms with van der Waals surface area (Å²) in [6.07, 6.45) is 0. The van der Waals surface area contributed by atoms with E-state index in [1.165, 1.54) is 27.0 Å². The molecule has 0 saturated heterocycles. The van der Waals surface area contributed by atoms with Crippen molar-refractivity contribution in [3.8, 4) is 10.6 Å². The highest BCUT2D eigenvalue weighted by molar-refractivity contribution is 7.19. The van der Waals surface area contributed by atoms with Gasteiger partial charge in [0.25, 0.3) is 5.56 Å². The lowest BCUT2D eigenvalue weighted by atomic mass is 10.0. The molecular formula is C25H28N4O2S. The lowest BCUT2D eigenvalue weighted by Gasteiger charge is -2.22. The Labute approximate surface area is 192 Å². The molecule has 0 bridgehead atoms. The van der Waals surface area contributed by atoms with Crippen LogP contribution in [0.4, 0.5) is 0 Å². The van der Waals surface area contributed by atoms with Crippen LogP contribution in [0.15, 0.2) is 65.5 Å². The molecule has 2 aromatic carbocycles. The van der Waals surface area contributed by atoms with Gasteiger partial charge in [-0.05, 0) is 17.0 Å². The summed E-state index contributed by atoms with van der Waals surface area (Å²) in [4.78, 5) is 20.3. The number of ether oxygens (including phenoxy) is 1. The zero-order chi connectivity index (χ0) is 22.5. The topological polar surface area (TPSA) is 59.7 Å². The average Bonchev–Trinajstić information content (AvgIpc) is 3.23. The fraction of sp³-hybridized carbons (Fsp3) is 0.320. The molecule has 0 aliphatic rings. The van der Waals surface area contributed by atoms with Crippen LogP contribution in [0.1, 0.15) is 36.6 Å². The molecule has 2 heterocycles. The molecule has 4 rings (SSSR count). The second-order valence-corrected chi connectivity index (χ2v) is 9.11. The molecule has 0 N–H and O–H groups in total. The van der Waals surface area contributed by atoms with Crippen molar-refractivity contribution in [1.82, 2.24) is 19.5 Å². The highest BCUT2D eigenvalue weighted by Gasteiger charge is 2.14. The van der Waals surface area contributed by atoms with E-state index in [1.807, 2.05) is 30.3 Å². The highest BCUT2D eigenvalue weighted by Crippen LogP contribution is 2.24. The molecule has 0 amide bonds. The molecule has 0 aliphatic carbocycles. The molecule has 32 heavy (non-hydrogen) atoms. The molecule has 0 fully saturated rings. The molecule has 6 nitrogen and oxygen atoms in total. The first kappa shape index (κ1) is 22.3. The summed E-state index contributed by atoms with van der Waals surface area (Å²) in [7, 11) is 1.70. The Morgan fingerprint density at radius 2 is 1.81 bits per heavy atom. The minimum absolute atomic E-state index is 0.156. The SMILES string of the molecule is COCCN(Cc1ccc(C(C)C)cc1)Cc1cc(=O)n2nc(-c3ccccc3)sc2n1. The first-order valence-electron chi connectivity index (χ1n) is 10.8. The quantitative estimate of drug-likeness (QED) is 0.375. The van der Waals surface area contributed by atoms with E-state index in [0.29, 0.717) is 24.0 Å². The average molecular weight is 449 g/mol. The van der Waals surface area contributed by atoms with Gasteiger partial charge in [0, 0.05) is 38.4 Å². The van der Waals surface area contributed by atoms with Crippen molar-refractivity contribution in [2.24, 2.45) is 0 Å². The lowest BCUT2D eigenvalue weighted by molar-refractivity contribution is 0.139. The normalized spacial score (nSPS) is 11.7. The van der Waals surface area contributed by atoms with Crippen molar-refractivity contribution >= 4 is 16.3 Å².